The van der Waals surface area contributed by atoms with Crippen molar-refractivity contribution in [3.8, 4) is 0 Å². The zero-order valence-electron chi connectivity index (χ0n) is 32.6. The molecule has 6 heterocycles. The number of fused-ring (bicyclic) bond motifs is 3. The van der Waals surface area contributed by atoms with E-state index >= 15 is 0 Å². The van der Waals surface area contributed by atoms with Gasteiger partial charge in [0.2, 0.25) is 0 Å². The predicted octanol–water partition coefficient (Wildman–Crippen LogP) is 0.00264. The fraction of sp³-hybridized carbons (Fsp3) is 0.389. The number of amidine groups is 1. The molecule has 4 aliphatic heterocycles. The molecule has 330 valence electrons. The Hall–Kier alpha value is -5.04. The number of nitrogens with zero attached hydrogens (tertiary/aromatic N) is 7. The van der Waals surface area contributed by atoms with Crippen molar-refractivity contribution in [2.75, 3.05) is 35.3 Å². The number of aliphatic hydroxyl groups excluding tert-OH is 5. The lowest BCUT2D eigenvalue weighted by atomic mass is 9.75. The number of amides is 3. The van der Waals surface area contributed by atoms with Crippen LogP contribution in [0, 0.1) is 13.8 Å². The largest absolute Gasteiger partial charge is 0.481 e. The zero-order valence-corrected chi connectivity index (χ0v) is 34.4. The third kappa shape index (κ3) is 7.62. The third-order valence-electron chi connectivity index (χ3n) is 11.1. The van der Waals surface area contributed by atoms with Gasteiger partial charge in [-0.05, 0) is 42.7 Å². The normalized spacial score (nSPS) is 27.8. The molecule has 4 aromatic rings. The van der Waals surface area contributed by atoms with Crippen molar-refractivity contribution in [3.05, 3.63) is 84.1 Å². The molecule has 1 spiro atoms. The van der Waals surface area contributed by atoms with E-state index in [0.717, 1.165) is 17.5 Å². The summed E-state index contributed by atoms with van der Waals surface area (Å²) in [5.41, 5.74) is 7.67. The zero-order chi connectivity index (χ0) is 44.5. The van der Waals surface area contributed by atoms with Crippen molar-refractivity contribution in [3.63, 3.8) is 0 Å². The number of β-amino-alcohol motifs (C(OH)–C–C–N with tert-alkyl or cyclic N) is 1. The van der Waals surface area contributed by atoms with Crippen LogP contribution in [0.5, 0.6) is 0 Å². The van der Waals surface area contributed by atoms with Gasteiger partial charge in [-0.2, -0.15) is 9.30 Å². The highest BCUT2D eigenvalue weighted by Gasteiger charge is 2.63. The smallest absolute Gasteiger partial charge is 0.388 e. The number of carbonyl (C=O) groups excluding carboxylic acids is 2. The van der Waals surface area contributed by atoms with Crippen LogP contribution in [0.25, 0.3) is 11.2 Å². The van der Waals surface area contributed by atoms with Crippen molar-refractivity contribution in [2.24, 2.45) is 4.99 Å². The van der Waals surface area contributed by atoms with Crippen molar-refractivity contribution in [2.45, 2.75) is 68.2 Å². The Morgan fingerprint density at radius 3 is 2.37 bits per heavy atom. The van der Waals surface area contributed by atoms with Crippen LogP contribution >= 0.6 is 15.6 Å². The van der Waals surface area contributed by atoms with Crippen LogP contribution in [0.3, 0.4) is 0 Å². The monoisotopic (exact) mass is 901 g/mol. The number of aromatic nitrogens is 4. The lowest BCUT2D eigenvalue weighted by Crippen LogP contribution is -2.73. The van der Waals surface area contributed by atoms with E-state index in [1.807, 2.05) is 32.0 Å². The molecule has 1 saturated heterocycles. The Morgan fingerprint density at radius 1 is 0.952 bits per heavy atom. The first kappa shape index (κ1) is 43.6. The molecule has 2 unspecified atom stereocenters. The number of nitrogen functional groups attached to an aromatic ring is 1. The third-order valence-corrected chi connectivity index (χ3v) is 13.7. The predicted molar refractivity (Wildman–Crippen MR) is 214 cm³/mol. The summed E-state index contributed by atoms with van der Waals surface area (Å²) >= 11 is 0. The van der Waals surface area contributed by atoms with E-state index in [0.29, 0.717) is 16.9 Å². The minimum absolute atomic E-state index is 0.0291. The van der Waals surface area contributed by atoms with Crippen LogP contribution in [-0.4, -0.2) is 135 Å². The topological polar surface area (TPSA) is 347 Å². The minimum Gasteiger partial charge on any atom is -0.388 e. The molecule has 10 N–H and O–H groups in total. The lowest BCUT2D eigenvalue weighted by molar-refractivity contribution is -0.123. The first-order chi connectivity index (χ1) is 29.3. The molecule has 4 aliphatic rings. The maximum atomic E-state index is 14.1. The quantitative estimate of drug-likeness (QED) is 0.0752. The molecule has 24 nitrogen and oxygen atoms in total. The minimum atomic E-state index is -5.59. The number of urea groups is 1. The molecule has 0 aliphatic carbocycles. The molecule has 26 heteroatoms. The number of nitrogens with one attached hydrogen (secondary N) is 1. The number of aliphatic imine (C=N–C) groups is 1. The summed E-state index contributed by atoms with van der Waals surface area (Å²) in [4.78, 5) is 66.8. The van der Waals surface area contributed by atoms with Gasteiger partial charge >= 0.3 is 21.7 Å². The van der Waals surface area contributed by atoms with Crippen LogP contribution in [0.1, 0.15) is 28.8 Å². The summed E-state index contributed by atoms with van der Waals surface area (Å²) in [5.74, 6) is -1.45. The second-order valence-electron chi connectivity index (χ2n) is 15.0. The number of hydrogen-bond acceptors (Lipinski definition) is 19. The maximum absolute atomic E-state index is 14.1. The van der Waals surface area contributed by atoms with Gasteiger partial charge in [0, 0.05) is 12.1 Å². The Kier molecular flexibility index (Phi) is 11.4. The Morgan fingerprint density at radius 2 is 1.65 bits per heavy atom. The Balaban J connectivity index is 0.935. The number of nitrogens with two attached hydrogens (primary N) is 1. The maximum Gasteiger partial charge on any atom is 0.481 e. The number of ether oxygens (including phenoxy) is 1. The van der Waals surface area contributed by atoms with E-state index in [9.17, 15) is 54.0 Å². The van der Waals surface area contributed by atoms with Crippen molar-refractivity contribution in [1.29, 1.82) is 0 Å². The molecule has 0 bridgehead atoms. The number of imidazole rings is 1. The number of aryl methyl sites for hydroxylation is 2. The number of hydrogen-bond donors (Lipinski definition) is 9. The van der Waals surface area contributed by atoms with Gasteiger partial charge in [-0.1, -0.05) is 36.4 Å². The SMILES string of the molecule is Cc1cc2c(cc1C)N1C=C[C@@H](c3ccccc3)[C@]13C(=O)NC(=O)N=C3N2C[C@H](O)[C@H](O)[C@H](O)COP(=O)(O)OP(=O)(O)OC[C@H]1O[C@@H](n2cnc3c(N)ncnc32)[C@H](O)[C@@H]1O. The van der Waals surface area contributed by atoms with Gasteiger partial charge in [0.15, 0.2) is 29.1 Å². The first-order valence-electron chi connectivity index (χ1n) is 18.8. The summed E-state index contributed by atoms with van der Waals surface area (Å²) in [6.07, 6.45) is -6.53. The number of aliphatic hydroxyl groups is 5. The Bertz CT molecular complexity index is 2580. The second-order valence-corrected chi connectivity index (χ2v) is 18.0. The summed E-state index contributed by atoms with van der Waals surface area (Å²) in [7, 11) is -11.1. The van der Waals surface area contributed by atoms with E-state index in [4.69, 9.17) is 15.0 Å². The fourth-order valence-electron chi connectivity index (χ4n) is 7.94. The molecule has 8 rings (SSSR count). The van der Waals surface area contributed by atoms with E-state index in [1.165, 1.54) is 15.8 Å². The highest BCUT2D eigenvalue weighted by Crippen LogP contribution is 2.61. The van der Waals surface area contributed by atoms with Gasteiger partial charge < -0.3 is 55.6 Å². The molecule has 11 atom stereocenters. The highest BCUT2D eigenvalue weighted by molar-refractivity contribution is 7.61. The molecule has 1 fully saturated rings. The van der Waals surface area contributed by atoms with Crippen molar-refractivity contribution >= 4 is 61.8 Å². The molecular weight excluding hydrogens is 860 g/mol. The molecule has 2 aromatic heterocycles. The highest BCUT2D eigenvalue weighted by atomic mass is 31.3. The number of imide groups is 1. The Labute approximate surface area is 350 Å². The van der Waals surface area contributed by atoms with Gasteiger partial charge in [-0.15, -0.1) is 0 Å². The van der Waals surface area contributed by atoms with Crippen LogP contribution < -0.4 is 20.9 Å². The standard InChI is InChI=1S/C36H41N9O15P2/c1-17-10-21-22(11-18(17)2)45-9-8-20(19-6-4-3-5-7-19)36(45)33(41-35(52)42-34(36)51)43(21)12-23(46)27(48)24(47)13-57-61(53,54)60-62(55,56)58-14-25-28(49)29(50)32(59-25)44-16-40-26-30(37)38-15-39-31(26)44/h3-11,15-16,20,23-25,27-29,32,46-50H,12-14H2,1-2H3,(H,53,54)(H,55,56)(H2,37,38,39)(H,42,51,52)/t20-,23-,24+,25+,27-,28+,29+,32+,36-/m0/s1. The van der Waals surface area contributed by atoms with Gasteiger partial charge in [-0.3, -0.25) is 23.7 Å². The van der Waals surface area contributed by atoms with Crippen LogP contribution in [0.15, 0.2) is 72.4 Å². The van der Waals surface area contributed by atoms with E-state index in [2.05, 4.69) is 34.1 Å². The summed E-state index contributed by atoms with van der Waals surface area (Å²) in [6, 6.07) is 11.6. The van der Waals surface area contributed by atoms with E-state index in [1.54, 1.807) is 41.4 Å². The average molecular weight is 902 g/mol. The number of carbonyl (C=O) groups is 2. The molecule has 2 aromatic carbocycles. The molecule has 3 amide bonds. The van der Waals surface area contributed by atoms with Crippen molar-refractivity contribution < 1.29 is 72.1 Å². The van der Waals surface area contributed by atoms with Gasteiger partial charge in [0.25, 0.3) is 5.91 Å². The summed E-state index contributed by atoms with van der Waals surface area (Å²) in [5, 5.41) is 56.8. The van der Waals surface area contributed by atoms with Crippen LogP contribution in [0.2, 0.25) is 0 Å². The number of benzene rings is 2. The fourth-order valence-corrected chi connectivity index (χ4v) is 10.0. The van der Waals surface area contributed by atoms with Crippen LogP contribution in [0.4, 0.5) is 22.0 Å². The summed E-state index contributed by atoms with van der Waals surface area (Å²) < 4.78 is 46.1. The molecule has 0 saturated carbocycles. The van der Waals surface area contributed by atoms with E-state index < -0.39 is 102 Å². The number of phosphoric ester groups is 2. The summed E-state index contributed by atoms with van der Waals surface area (Å²) in [6.45, 7) is 0.900. The average Bonchev–Trinajstić information content (AvgIpc) is 3.92. The number of anilines is 3. The number of phosphoric acid groups is 2. The number of rotatable bonds is 14. The van der Waals surface area contributed by atoms with Gasteiger partial charge in [-0.25, -0.2) is 28.9 Å². The lowest BCUT2D eigenvalue weighted by Gasteiger charge is -2.52. The molecule has 62 heavy (non-hydrogen) atoms. The van der Waals surface area contributed by atoms with Gasteiger partial charge in [0.1, 0.15) is 48.5 Å². The first-order valence-corrected chi connectivity index (χ1v) is 21.8. The molecular formula is C36H41N9O15P2. The van der Waals surface area contributed by atoms with Crippen LogP contribution in [-0.2, 0) is 32.0 Å². The molecule has 0 radical (unpaired) electrons. The van der Waals surface area contributed by atoms with Crippen molar-refractivity contribution in [1.82, 2.24) is 24.8 Å². The van der Waals surface area contributed by atoms with E-state index in [-0.39, 0.29) is 22.8 Å². The van der Waals surface area contributed by atoms with Gasteiger partial charge in [0.05, 0.1) is 37.5 Å². The second kappa shape index (κ2) is 16.3.